The molecule has 1 aliphatic heterocycles. The number of hydrogen-bond acceptors (Lipinski definition) is 4. The van der Waals surface area contributed by atoms with Gasteiger partial charge in [0.1, 0.15) is 0 Å². The number of carbonyl (C=O) groups excluding carboxylic acids is 1. The molecule has 5 heteroatoms. The van der Waals surface area contributed by atoms with Crippen molar-refractivity contribution in [1.82, 2.24) is 10.2 Å². The summed E-state index contributed by atoms with van der Waals surface area (Å²) in [5.41, 5.74) is 1.89. The van der Waals surface area contributed by atoms with E-state index >= 15 is 0 Å². The molecule has 0 spiro atoms. The minimum atomic E-state index is -0.0842. The van der Waals surface area contributed by atoms with Gasteiger partial charge >= 0.3 is 0 Å². The quantitative estimate of drug-likeness (QED) is 0.795. The Kier molecular flexibility index (Phi) is 5.33. The predicted octanol–water partition coefficient (Wildman–Crippen LogP) is 2.67. The SMILES string of the molecule is CN(CCCNC(=O)c1ccc2c(c1)OCO2)Cc1ccccc1. The number of fused-ring (bicyclic) bond motifs is 1. The molecule has 0 aromatic heterocycles. The number of carbonyl (C=O) groups is 1. The maximum absolute atomic E-state index is 12.2. The third-order valence-corrected chi connectivity index (χ3v) is 3.93. The average molecular weight is 326 g/mol. The van der Waals surface area contributed by atoms with Crippen LogP contribution in [0.15, 0.2) is 48.5 Å². The van der Waals surface area contributed by atoms with Gasteiger partial charge in [-0.25, -0.2) is 0 Å². The monoisotopic (exact) mass is 326 g/mol. The van der Waals surface area contributed by atoms with Crippen molar-refractivity contribution in [2.24, 2.45) is 0 Å². The molecule has 0 saturated heterocycles. The first-order valence-electron chi connectivity index (χ1n) is 8.13. The molecule has 0 fully saturated rings. The molecule has 0 aliphatic carbocycles. The van der Waals surface area contributed by atoms with E-state index in [1.54, 1.807) is 18.2 Å². The van der Waals surface area contributed by atoms with Crippen LogP contribution in [-0.4, -0.2) is 37.7 Å². The van der Waals surface area contributed by atoms with Gasteiger partial charge in [0.25, 0.3) is 5.91 Å². The van der Waals surface area contributed by atoms with Gasteiger partial charge in [0.2, 0.25) is 6.79 Å². The Morgan fingerprint density at radius 1 is 1.12 bits per heavy atom. The fraction of sp³-hybridized carbons (Fsp3) is 0.316. The number of ether oxygens (including phenoxy) is 2. The highest BCUT2D eigenvalue weighted by molar-refractivity contribution is 5.94. The third kappa shape index (κ3) is 4.26. The van der Waals surface area contributed by atoms with Crippen LogP contribution >= 0.6 is 0 Å². The van der Waals surface area contributed by atoms with Crippen molar-refractivity contribution in [3.05, 3.63) is 59.7 Å². The summed E-state index contributed by atoms with van der Waals surface area (Å²) in [5.74, 6) is 1.23. The third-order valence-electron chi connectivity index (χ3n) is 3.93. The van der Waals surface area contributed by atoms with Crippen LogP contribution < -0.4 is 14.8 Å². The normalized spacial score (nSPS) is 12.4. The summed E-state index contributed by atoms with van der Waals surface area (Å²) in [6.07, 6.45) is 0.902. The Morgan fingerprint density at radius 3 is 2.75 bits per heavy atom. The van der Waals surface area contributed by atoms with Gasteiger partial charge in [-0.15, -0.1) is 0 Å². The zero-order valence-corrected chi connectivity index (χ0v) is 13.8. The van der Waals surface area contributed by atoms with Crippen molar-refractivity contribution in [3.8, 4) is 11.5 Å². The molecule has 1 aliphatic rings. The molecular weight excluding hydrogens is 304 g/mol. The minimum Gasteiger partial charge on any atom is -0.454 e. The van der Waals surface area contributed by atoms with Gasteiger partial charge in [-0.2, -0.15) is 0 Å². The lowest BCUT2D eigenvalue weighted by molar-refractivity contribution is 0.0951. The summed E-state index contributed by atoms with van der Waals surface area (Å²) < 4.78 is 10.5. The van der Waals surface area contributed by atoms with E-state index in [0.29, 0.717) is 23.6 Å². The van der Waals surface area contributed by atoms with Crippen molar-refractivity contribution >= 4 is 5.91 Å². The summed E-state index contributed by atoms with van der Waals surface area (Å²) >= 11 is 0. The topological polar surface area (TPSA) is 50.8 Å². The fourth-order valence-corrected chi connectivity index (χ4v) is 2.66. The number of nitrogens with one attached hydrogen (secondary N) is 1. The lowest BCUT2D eigenvalue weighted by Gasteiger charge is -2.16. The molecule has 1 amide bonds. The van der Waals surface area contributed by atoms with E-state index in [1.165, 1.54) is 5.56 Å². The molecule has 1 N–H and O–H groups in total. The molecule has 1 heterocycles. The fourth-order valence-electron chi connectivity index (χ4n) is 2.66. The van der Waals surface area contributed by atoms with Crippen LogP contribution in [0.25, 0.3) is 0 Å². The lowest BCUT2D eigenvalue weighted by Crippen LogP contribution is -2.28. The van der Waals surface area contributed by atoms with Gasteiger partial charge < -0.3 is 19.7 Å². The largest absolute Gasteiger partial charge is 0.454 e. The molecule has 0 unspecified atom stereocenters. The second-order valence-electron chi connectivity index (χ2n) is 5.90. The zero-order chi connectivity index (χ0) is 16.8. The highest BCUT2D eigenvalue weighted by atomic mass is 16.7. The van der Waals surface area contributed by atoms with Gasteiger partial charge in [0, 0.05) is 18.7 Å². The second-order valence-corrected chi connectivity index (χ2v) is 5.90. The number of rotatable bonds is 7. The molecule has 2 aromatic rings. The summed E-state index contributed by atoms with van der Waals surface area (Å²) in [4.78, 5) is 14.4. The molecule has 2 aromatic carbocycles. The van der Waals surface area contributed by atoms with E-state index in [2.05, 4.69) is 41.5 Å². The standard InChI is InChI=1S/C19H22N2O3/c1-21(13-15-6-3-2-4-7-15)11-5-10-20-19(22)16-8-9-17-18(12-16)24-14-23-17/h2-4,6-9,12H,5,10-11,13-14H2,1H3,(H,20,22). The van der Waals surface area contributed by atoms with Crippen LogP contribution in [-0.2, 0) is 6.54 Å². The van der Waals surface area contributed by atoms with Gasteiger partial charge in [-0.05, 0) is 43.8 Å². The van der Waals surface area contributed by atoms with E-state index in [4.69, 9.17) is 9.47 Å². The van der Waals surface area contributed by atoms with Crippen molar-refractivity contribution in [3.63, 3.8) is 0 Å². The molecule has 0 atom stereocenters. The van der Waals surface area contributed by atoms with Crippen molar-refractivity contribution in [2.75, 3.05) is 26.9 Å². The predicted molar refractivity (Wildman–Crippen MR) is 92.3 cm³/mol. The van der Waals surface area contributed by atoms with Gasteiger partial charge in [0.05, 0.1) is 0 Å². The Labute approximate surface area is 142 Å². The minimum absolute atomic E-state index is 0.0842. The number of benzene rings is 2. The molecular formula is C19H22N2O3. The van der Waals surface area contributed by atoms with Crippen molar-refractivity contribution in [1.29, 1.82) is 0 Å². The van der Waals surface area contributed by atoms with E-state index in [0.717, 1.165) is 19.5 Å². The van der Waals surface area contributed by atoms with E-state index < -0.39 is 0 Å². The molecule has 126 valence electrons. The van der Waals surface area contributed by atoms with Crippen molar-refractivity contribution in [2.45, 2.75) is 13.0 Å². The molecule has 0 radical (unpaired) electrons. The molecule has 5 nitrogen and oxygen atoms in total. The highest BCUT2D eigenvalue weighted by Crippen LogP contribution is 2.32. The molecule has 3 rings (SSSR count). The number of amides is 1. The maximum Gasteiger partial charge on any atom is 0.251 e. The Balaban J connectivity index is 1.39. The van der Waals surface area contributed by atoms with Gasteiger partial charge in [-0.1, -0.05) is 30.3 Å². The van der Waals surface area contributed by atoms with Crippen LogP contribution in [0.1, 0.15) is 22.3 Å². The van der Waals surface area contributed by atoms with Gasteiger partial charge in [0.15, 0.2) is 11.5 Å². The maximum atomic E-state index is 12.2. The summed E-state index contributed by atoms with van der Waals surface area (Å²) in [6, 6.07) is 15.6. The Hall–Kier alpha value is -2.53. The summed E-state index contributed by atoms with van der Waals surface area (Å²) in [7, 11) is 2.09. The van der Waals surface area contributed by atoms with Gasteiger partial charge in [-0.3, -0.25) is 4.79 Å². The zero-order valence-electron chi connectivity index (χ0n) is 13.8. The molecule has 24 heavy (non-hydrogen) atoms. The second kappa shape index (κ2) is 7.84. The summed E-state index contributed by atoms with van der Waals surface area (Å²) in [5, 5.41) is 2.95. The first kappa shape index (κ1) is 16.3. The van der Waals surface area contributed by atoms with Crippen LogP contribution in [0, 0.1) is 0 Å². The number of hydrogen-bond donors (Lipinski definition) is 1. The Bertz CT molecular complexity index is 688. The highest BCUT2D eigenvalue weighted by Gasteiger charge is 2.15. The van der Waals surface area contributed by atoms with E-state index in [1.807, 2.05) is 6.07 Å². The Morgan fingerprint density at radius 2 is 1.92 bits per heavy atom. The molecule has 0 bridgehead atoms. The average Bonchev–Trinajstić information content (AvgIpc) is 3.07. The van der Waals surface area contributed by atoms with Crippen molar-refractivity contribution < 1.29 is 14.3 Å². The number of nitrogens with zero attached hydrogens (tertiary/aromatic N) is 1. The lowest BCUT2D eigenvalue weighted by atomic mass is 10.2. The smallest absolute Gasteiger partial charge is 0.251 e. The van der Waals surface area contributed by atoms with Crippen LogP contribution in [0.3, 0.4) is 0 Å². The van der Waals surface area contributed by atoms with Crippen LogP contribution in [0.2, 0.25) is 0 Å². The molecule has 0 saturated carbocycles. The first-order valence-corrected chi connectivity index (χ1v) is 8.13. The summed E-state index contributed by atoms with van der Waals surface area (Å²) in [6.45, 7) is 2.70. The van der Waals surface area contributed by atoms with E-state index in [-0.39, 0.29) is 12.7 Å². The first-order chi connectivity index (χ1) is 11.7. The van der Waals surface area contributed by atoms with Crippen LogP contribution in [0.5, 0.6) is 11.5 Å². The van der Waals surface area contributed by atoms with Crippen LogP contribution in [0.4, 0.5) is 0 Å². The van der Waals surface area contributed by atoms with E-state index in [9.17, 15) is 4.79 Å².